The summed E-state index contributed by atoms with van der Waals surface area (Å²) in [5.74, 6) is 6.13. The van der Waals surface area contributed by atoms with Gasteiger partial charge in [0.15, 0.2) is 0 Å². The number of aryl methyl sites for hydroxylation is 2. The zero-order valence-corrected chi connectivity index (χ0v) is 21.7. The van der Waals surface area contributed by atoms with Crippen LogP contribution >= 0.6 is 0 Å². The number of ketones is 1. The van der Waals surface area contributed by atoms with Crippen LogP contribution in [-0.2, 0) is 6.42 Å². The molecular weight excluding hydrogens is 488 g/mol. The van der Waals surface area contributed by atoms with Crippen molar-refractivity contribution in [3.63, 3.8) is 0 Å². The van der Waals surface area contributed by atoms with Crippen molar-refractivity contribution < 1.29 is 4.79 Å². The smallest absolute Gasteiger partial charge is 0.326 e. The number of piperidine rings is 1. The highest BCUT2D eigenvalue weighted by Gasteiger charge is 2.25. The lowest BCUT2D eigenvalue weighted by Gasteiger charge is -2.33. The van der Waals surface area contributed by atoms with Crippen molar-refractivity contribution in [1.82, 2.24) is 24.5 Å². The van der Waals surface area contributed by atoms with Crippen molar-refractivity contribution >= 4 is 33.5 Å². The van der Waals surface area contributed by atoms with E-state index in [4.69, 9.17) is 0 Å². The van der Waals surface area contributed by atoms with Crippen LogP contribution in [0.4, 0.5) is 5.82 Å². The third-order valence-corrected chi connectivity index (χ3v) is 7.49. The van der Waals surface area contributed by atoms with Crippen LogP contribution in [0.2, 0.25) is 0 Å². The number of carbonyl (C=O) groups excluding carboxylic acids is 1. The second kappa shape index (κ2) is 10.5. The fourth-order valence-electron chi connectivity index (χ4n) is 5.38. The predicted molar refractivity (Wildman–Crippen MR) is 152 cm³/mol. The van der Waals surface area contributed by atoms with Crippen molar-refractivity contribution in [3.05, 3.63) is 94.4 Å². The molecule has 0 radical (unpaired) electrons. The molecule has 8 heteroatoms. The number of anilines is 1. The van der Waals surface area contributed by atoms with Gasteiger partial charge in [-0.25, -0.2) is 14.8 Å². The Morgan fingerprint density at radius 2 is 1.85 bits per heavy atom. The predicted octanol–water partition coefficient (Wildman–Crippen LogP) is 4.64. The minimum absolute atomic E-state index is 0.0486. The first-order chi connectivity index (χ1) is 19.1. The Hall–Kier alpha value is -4.77. The lowest BCUT2D eigenvalue weighted by molar-refractivity contribution is 0.105. The van der Waals surface area contributed by atoms with E-state index in [0.29, 0.717) is 31.0 Å². The van der Waals surface area contributed by atoms with Gasteiger partial charge in [-0.1, -0.05) is 48.4 Å². The molecule has 2 aromatic carbocycles. The summed E-state index contributed by atoms with van der Waals surface area (Å²) in [4.78, 5) is 44.0. The summed E-state index contributed by atoms with van der Waals surface area (Å²) in [6, 6.07) is 17.8. The zero-order chi connectivity index (χ0) is 26.8. The second-order valence-electron chi connectivity index (χ2n) is 9.87. The number of nitrogens with one attached hydrogen (secondary N) is 1. The molecule has 194 valence electrons. The van der Waals surface area contributed by atoms with Gasteiger partial charge < -0.3 is 9.88 Å². The summed E-state index contributed by atoms with van der Waals surface area (Å²) in [6.07, 6.45) is 6.16. The quantitative estimate of drug-likeness (QED) is 0.208. The number of rotatable bonds is 5. The third kappa shape index (κ3) is 4.91. The van der Waals surface area contributed by atoms with Crippen LogP contribution in [0.3, 0.4) is 0 Å². The maximum absolute atomic E-state index is 13.0. The molecule has 3 aromatic heterocycles. The van der Waals surface area contributed by atoms with Crippen LogP contribution in [0, 0.1) is 18.8 Å². The average Bonchev–Trinajstić information content (AvgIpc) is 3.32. The Labute approximate surface area is 225 Å². The largest absolute Gasteiger partial charge is 0.356 e. The van der Waals surface area contributed by atoms with Crippen LogP contribution in [0.25, 0.3) is 21.9 Å². The van der Waals surface area contributed by atoms with Crippen LogP contribution in [0.1, 0.15) is 46.9 Å². The van der Waals surface area contributed by atoms with E-state index in [1.54, 1.807) is 12.3 Å². The van der Waals surface area contributed by atoms with E-state index in [1.807, 2.05) is 41.0 Å². The van der Waals surface area contributed by atoms with Gasteiger partial charge in [0.25, 0.3) is 5.78 Å². The third-order valence-electron chi connectivity index (χ3n) is 7.49. The zero-order valence-electron chi connectivity index (χ0n) is 21.7. The van der Waals surface area contributed by atoms with Crippen molar-refractivity contribution in [2.45, 2.75) is 38.6 Å². The Morgan fingerprint density at radius 3 is 2.69 bits per heavy atom. The lowest BCUT2D eigenvalue weighted by atomic mass is 10.0. The van der Waals surface area contributed by atoms with Gasteiger partial charge >= 0.3 is 5.69 Å². The standard InChI is InChI=1S/C31H28N6O2/c1-21-8-2-3-9-22(21)10-4-7-13-28(38)26-18-29(34-20-33-26)36-16-14-23(15-17-36)37-27-19-32-25-12-6-5-11-24(25)30(27)35-31(37)39/h2-3,5-6,8-9,11-12,18-20,23H,4,10,14-17H2,1H3,(H,35,39). The number of pyridine rings is 1. The molecule has 39 heavy (non-hydrogen) atoms. The highest BCUT2D eigenvalue weighted by molar-refractivity contribution is 6.08. The summed E-state index contributed by atoms with van der Waals surface area (Å²) in [7, 11) is 0. The summed E-state index contributed by atoms with van der Waals surface area (Å²) in [5.41, 5.74) is 5.17. The molecule has 0 unspecified atom stereocenters. The van der Waals surface area contributed by atoms with E-state index in [1.165, 1.54) is 17.5 Å². The van der Waals surface area contributed by atoms with Crippen molar-refractivity contribution in [1.29, 1.82) is 0 Å². The minimum Gasteiger partial charge on any atom is -0.356 e. The van der Waals surface area contributed by atoms with Crippen molar-refractivity contribution in [2.24, 2.45) is 0 Å². The lowest BCUT2D eigenvalue weighted by Crippen LogP contribution is -2.37. The Morgan fingerprint density at radius 1 is 1.05 bits per heavy atom. The van der Waals surface area contributed by atoms with Crippen molar-refractivity contribution in [3.8, 4) is 11.8 Å². The van der Waals surface area contributed by atoms with Gasteiger partial charge in [-0.05, 0) is 49.3 Å². The normalized spacial score (nSPS) is 13.9. The SMILES string of the molecule is Cc1ccccc1CCC#CC(=O)c1cc(N2CCC(n3c(=O)[nH]c4c5ccccc5ncc43)CC2)ncn1. The Balaban J connectivity index is 1.13. The molecule has 0 amide bonds. The molecule has 0 atom stereocenters. The number of hydrogen-bond donors (Lipinski definition) is 1. The number of H-pyrrole nitrogens is 1. The molecule has 8 nitrogen and oxygen atoms in total. The first kappa shape index (κ1) is 24.6. The molecule has 0 bridgehead atoms. The van der Waals surface area contributed by atoms with Crippen LogP contribution in [0.15, 0.2) is 71.9 Å². The van der Waals surface area contributed by atoms with Crippen LogP contribution in [-0.4, -0.2) is 43.4 Å². The van der Waals surface area contributed by atoms with Crippen molar-refractivity contribution in [2.75, 3.05) is 18.0 Å². The first-order valence-electron chi connectivity index (χ1n) is 13.2. The maximum Gasteiger partial charge on any atom is 0.326 e. The maximum atomic E-state index is 13.0. The molecule has 1 fully saturated rings. The molecule has 6 rings (SSSR count). The number of aromatic nitrogens is 5. The summed E-state index contributed by atoms with van der Waals surface area (Å²) < 4.78 is 1.84. The van der Waals surface area contributed by atoms with Gasteiger partial charge in [0.1, 0.15) is 17.8 Å². The van der Waals surface area contributed by atoms with Gasteiger partial charge in [-0.15, -0.1) is 0 Å². The fourth-order valence-corrected chi connectivity index (χ4v) is 5.38. The number of nitrogens with zero attached hydrogens (tertiary/aromatic N) is 5. The molecule has 1 aliphatic heterocycles. The highest BCUT2D eigenvalue weighted by atomic mass is 16.1. The fraction of sp³-hybridized carbons (Fsp3) is 0.258. The number of fused-ring (bicyclic) bond motifs is 3. The number of imidazole rings is 1. The summed E-state index contributed by atoms with van der Waals surface area (Å²) in [5, 5.41) is 0.944. The second-order valence-corrected chi connectivity index (χ2v) is 9.87. The molecular formula is C31H28N6O2. The monoisotopic (exact) mass is 516 g/mol. The highest BCUT2D eigenvalue weighted by Crippen LogP contribution is 2.29. The molecule has 1 N–H and O–H groups in total. The first-order valence-corrected chi connectivity index (χ1v) is 13.2. The summed E-state index contributed by atoms with van der Waals surface area (Å²) in [6.45, 7) is 3.49. The van der Waals surface area contributed by atoms with Crippen LogP contribution < -0.4 is 10.6 Å². The number of benzene rings is 2. The molecule has 0 spiro atoms. The van der Waals surface area contributed by atoms with E-state index in [9.17, 15) is 9.59 Å². The number of carbonyl (C=O) groups is 1. The Bertz CT molecular complexity index is 1800. The summed E-state index contributed by atoms with van der Waals surface area (Å²) >= 11 is 0. The average molecular weight is 517 g/mol. The molecule has 5 aromatic rings. The van der Waals surface area contributed by atoms with E-state index in [-0.39, 0.29) is 17.5 Å². The van der Waals surface area contributed by atoms with E-state index in [2.05, 4.69) is 55.7 Å². The van der Waals surface area contributed by atoms with Crippen LogP contribution in [0.5, 0.6) is 0 Å². The number of Topliss-reactive ketones (excluding diaryl/α,β-unsaturated/α-hetero) is 1. The van der Waals surface area contributed by atoms with Gasteiger partial charge in [0, 0.05) is 37.0 Å². The Kier molecular flexibility index (Phi) is 6.64. The number of hydrogen-bond acceptors (Lipinski definition) is 6. The van der Waals surface area contributed by atoms with E-state index in [0.717, 1.165) is 41.2 Å². The minimum atomic E-state index is -0.302. The topological polar surface area (TPSA) is 96.8 Å². The van der Waals surface area contributed by atoms with Gasteiger partial charge in [0.05, 0.1) is 22.7 Å². The molecule has 0 saturated carbocycles. The van der Waals surface area contributed by atoms with Gasteiger partial charge in [-0.2, -0.15) is 0 Å². The molecule has 0 aliphatic carbocycles. The van der Waals surface area contributed by atoms with Gasteiger partial charge in [-0.3, -0.25) is 14.3 Å². The molecule has 4 heterocycles. The van der Waals surface area contributed by atoms with E-state index < -0.39 is 0 Å². The molecule has 1 aliphatic rings. The van der Waals surface area contributed by atoms with E-state index >= 15 is 0 Å². The van der Waals surface area contributed by atoms with Gasteiger partial charge in [0.2, 0.25) is 0 Å². The molecule has 1 saturated heterocycles. The number of para-hydroxylation sites is 1. The number of aromatic amines is 1.